The number of hydrogen-bond donors (Lipinski definition) is 0. The zero-order valence-electron chi connectivity index (χ0n) is 15.3. The van der Waals surface area contributed by atoms with Crippen molar-refractivity contribution in [2.24, 2.45) is 4.99 Å². The minimum atomic E-state index is -0.102. The van der Waals surface area contributed by atoms with Crippen LogP contribution in [0.5, 0.6) is 5.75 Å². The third kappa shape index (κ3) is 5.15. The lowest BCUT2D eigenvalue weighted by Crippen LogP contribution is -2.15. The number of fused-ring (bicyclic) bond motifs is 1. The van der Waals surface area contributed by atoms with Crippen LogP contribution < -0.4 is 9.54 Å². The van der Waals surface area contributed by atoms with Gasteiger partial charge >= 0.3 is 0 Å². The van der Waals surface area contributed by atoms with E-state index in [0.29, 0.717) is 23.8 Å². The molecule has 142 valence electrons. The number of nitrogens with zero attached hydrogens (tertiary/aromatic N) is 2. The van der Waals surface area contributed by atoms with Crippen molar-refractivity contribution in [3.05, 3.63) is 52.3 Å². The predicted octanol–water partition coefficient (Wildman–Crippen LogP) is 5.38. The van der Waals surface area contributed by atoms with Gasteiger partial charge in [0.05, 0.1) is 16.8 Å². The Morgan fingerprint density at radius 1 is 1.22 bits per heavy atom. The van der Waals surface area contributed by atoms with Crippen LogP contribution in [0.15, 0.2) is 52.4 Å². The molecule has 4 nitrogen and oxygen atoms in total. The molecular formula is C20H21ClN2O2S2. The van der Waals surface area contributed by atoms with Gasteiger partial charge in [-0.15, -0.1) is 11.8 Å². The Labute approximate surface area is 171 Å². The molecule has 0 fully saturated rings. The van der Waals surface area contributed by atoms with E-state index in [1.54, 1.807) is 11.8 Å². The maximum Gasteiger partial charge on any atom is 0.249 e. The molecule has 3 rings (SSSR count). The van der Waals surface area contributed by atoms with Gasteiger partial charge in [-0.25, -0.2) is 0 Å². The van der Waals surface area contributed by atoms with Gasteiger partial charge in [-0.1, -0.05) is 22.9 Å². The molecule has 0 saturated heterocycles. The van der Waals surface area contributed by atoms with Gasteiger partial charge in [0.25, 0.3) is 0 Å². The Morgan fingerprint density at radius 3 is 2.70 bits per heavy atom. The summed E-state index contributed by atoms with van der Waals surface area (Å²) in [6, 6.07) is 13.6. The molecule has 0 radical (unpaired) electrons. The smallest absolute Gasteiger partial charge is 0.249 e. The summed E-state index contributed by atoms with van der Waals surface area (Å²) in [5.74, 6) is 1.43. The lowest BCUT2D eigenvalue weighted by molar-refractivity contribution is -0.117. The summed E-state index contributed by atoms with van der Waals surface area (Å²) in [6.45, 7) is 5.42. The van der Waals surface area contributed by atoms with Gasteiger partial charge in [0.1, 0.15) is 5.75 Å². The molecule has 0 unspecified atom stereocenters. The van der Waals surface area contributed by atoms with Gasteiger partial charge in [-0.2, -0.15) is 4.99 Å². The van der Waals surface area contributed by atoms with Crippen molar-refractivity contribution >= 4 is 50.8 Å². The fourth-order valence-electron chi connectivity index (χ4n) is 2.65. The molecule has 3 aromatic rings. The molecule has 1 heterocycles. The number of aromatic nitrogens is 1. The summed E-state index contributed by atoms with van der Waals surface area (Å²) in [5, 5.41) is 0.715. The second-order valence-corrected chi connectivity index (χ2v) is 8.36. The van der Waals surface area contributed by atoms with Crippen LogP contribution in [-0.2, 0) is 11.3 Å². The number of aryl methyl sites for hydroxylation is 1. The average molecular weight is 421 g/mol. The number of hydrogen-bond acceptors (Lipinski definition) is 4. The molecule has 0 atom stereocenters. The predicted molar refractivity (Wildman–Crippen MR) is 114 cm³/mol. The third-order valence-corrected chi connectivity index (χ3v) is 6.21. The molecule has 1 aromatic heterocycles. The zero-order valence-corrected chi connectivity index (χ0v) is 17.7. The molecule has 7 heteroatoms. The van der Waals surface area contributed by atoms with Gasteiger partial charge in [-0.3, -0.25) is 4.79 Å². The molecule has 0 aliphatic rings. The van der Waals surface area contributed by atoms with E-state index in [4.69, 9.17) is 16.3 Å². The Balaban J connectivity index is 1.73. The molecule has 1 amide bonds. The topological polar surface area (TPSA) is 43.6 Å². The lowest BCUT2D eigenvalue weighted by atomic mass is 10.3. The fourth-order valence-corrected chi connectivity index (χ4v) is 4.76. The molecule has 0 bridgehead atoms. The van der Waals surface area contributed by atoms with Crippen LogP contribution in [-0.4, -0.2) is 22.8 Å². The zero-order chi connectivity index (χ0) is 19.2. The first-order valence-electron chi connectivity index (χ1n) is 8.82. The van der Waals surface area contributed by atoms with Crippen LogP contribution in [0.3, 0.4) is 0 Å². The molecule has 0 aliphatic heterocycles. The van der Waals surface area contributed by atoms with Crippen molar-refractivity contribution in [2.75, 3.05) is 12.4 Å². The summed E-state index contributed by atoms with van der Waals surface area (Å²) in [6.07, 6.45) is 0.398. The monoisotopic (exact) mass is 420 g/mol. The van der Waals surface area contributed by atoms with E-state index in [9.17, 15) is 4.79 Å². The largest absolute Gasteiger partial charge is 0.494 e. The number of amides is 1. The molecule has 2 aromatic carbocycles. The maximum atomic E-state index is 12.3. The van der Waals surface area contributed by atoms with Gasteiger partial charge in [0.15, 0.2) is 4.80 Å². The number of ether oxygens (including phenoxy) is 1. The van der Waals surface area contributed by atoms with Gasteiger partial charge < -0.3 is 9.30 Å². The van der Waals surface area contributed by atoms with E-state index in [0.717, 1.165) is 32.2 Å². The van der Waals surface area contributed by atoms with E-state index in [2.05, 4.69) is 16.5 Å². The Morgan fingerprint density at radius 2 is 2.00 bits per heavy atom. The van der Waals surface area contributed by atoms with Gasteiger partial charge in [0.2, 0.25) is 5.91 Å². The highest BCUT2D eigenvalue weighted by Crippen LogP contribution is 2.24. The highest BCUT2D eigenvalue weighted by molar-refractivity contribution is 7.99. The fraction of sp³-hybridized carbons (Fsp3) is 0.300. The summed E-state index contributed by atoms with van der Waals surface area (Å²) in [5.41, 5.74) is 1.08. The van der Waals surface area contributed by atoms with Crippen LogP contribution in [0.4, 0.5) is 0 Å². The standard InChI is InChI=1S/C20H21ClN2O2S2/c1-3-23-17-10-7-15(25-4-2)13-18(17)27-20(23)22-19(24)11-12-26-16-8-5-14(21)6-9-16/h5-10,13H,3-4,11-12H2,1-2H3. The first-order chi connectivity index (χ1) is 13.1. The number of carbonyl (C=O) groups excluding carboxylic acids is 1. The minimum absolute atomic E-state index is 0.102. The van der Waals surface area contributed by atoms with Crippen molar-refractivity contribution in [1.82, 2.24) is 4.57 Å². The summed E-state index contributed by atoms with van der Waals surface area (Å²) < 4.78 is 8.71. The number of thioether (sulfide) groups is 1. The van der Waals surface area contributed by atoms with Gasteiger partial charge in [-0.05, 0) is 56.3 Å². The molecule has 0 saturated carbocycles. The van der Waals surface area contributed by atoms with Crippen molar-refractivity contribution in [3.63, 3.8) is 0 Å². The minimum Gasteiger partial charge on any atom is -0.494 e. The normalized spacial score (nSPS) is 11.9. The summed E-state index contributed by atoms with van der Waals surface area (Å²) >= 11 is 9.04. The average Bonchev–Trinajstić information content (AvgIpc) is 2.99. The number of rotatable bonds is 7. The third-order valence-electron chi connectivity index (χ3n) is 3.90. The highest BCUT2D eigenvalue weighted by Gasteiger charge is 2.08. The Hall–Kier alpha value is -1.76. The van der Waals surface area contributed by atoms with E-state index in [-0.39, 0.29) is 5.91 Å². The van der Waals surface area contributed by atoms with E-state index >= 15 is 0 Å². The quantitative estimate of drug-likeness (QED) is 0.481. The first-order valence-corrected chi connectivity index (χ1v) is 11.0. The SMILES string of the molecule is CCOc1ccc2c(c1)sc(=NC(=O)CCSc1ccc(Cl)cc1)n2CC. The van der Waals surface area contributed by atoms with Crippen molar-refractivity contribution in [2.45, 2.75) is 31.7 Å². The number of carbonyl (C=O) groups is 1. The second kappa shape index (κ2) is 9.44. The molecule has 27 heavy (non-hydrogen) atoms. The highest BCUT2D eigenvalue weighted by atomic mass is 35.5. The number of halogens is 1. The second-order valence-electron chi connectivity index (χ2n) is 5.75. The molecule has 0 N–H and O–H groups in total. The summed E-state index contributed by atoms with van der Waals surface area (Å²) in [4.78, 5) is 18.5. The number of benzene rings is 2. The molecular weight excluding hydrogens is 400 g/mol. The van der Waals surface area contributed by atoms with Crippen LogP contribution in [0.2, 0.25) is 5.02 Å². The summed E-state index contributed by atoms with van der Waals surface area (Å²) in [7, 11) is 0. The van der Waals surface area contributed by atoms with E-state index in [1.807, 2.05) is 49.4 Å². The Bertz CT molecular complexity index is 993. The Kier molecular flexibility index (Phi) is 6.99. The molecule has 0 aliphatic carbocycles. The van der Waals surface area contributed by atoms with Gasteiger partial charge in [0, 0.05) is 28.6 Å². The first kappa shape index (κ1) is 20.0. The maximum absolute atomic E-state index is 12.3. The molecule has 0 spiro atoms. The van der Waals surface area contributed by atoms with Crippen molar-refractivity contribution in [1.29, 1.82) is 0 Å². The van der Waals surface area contributed by atoms with Crippen LogP contribution >= 0.6 is 34.7 Å². The number of thiazole rings is 1. The van der Waals surface area contributed by atoms with Crippen molar-refractivity contribution < 1.29 is 9.53 Å². The lowest BCUT2D eigenvalue weighted by Gasteiger charge is -2.03. The van der Waals surface area contributed by atoms with Crippen LogP contribution in [0.25, 0.3) is 10.2 Å². The van der Waals surface area contributed by atoms with E-state index < -0.39 is 0 Å². The van der Waals surface area contributed by atoms with Crippen LogP contribution in [0, 0.1) is 0 Å². The van der Waals surface area contributed by atoms with E-state index in [1.165, 1.54) is 11.3 Å². The van der Waals surface area contributed by atoms with Crippen molar-refractivity contribution in [3.8, 4) is 5.75 Å². The van der Waals surface area contributed by atoms with Crippen LogP contribution in [0.1, 0.15) is 20.3 Å².